The number of ether oxygens (including phenoxy) is 2. The Morgan fingerprint density at radius 3 is 3.00 bits per heavy atom. The molecule has 26 heavy (non-hydrogen) atoms. The molecule has 0 aliphatic carbocycles. The summed E-state index contributed by atoms with van der Waals surface area (Å²) in [5.74, 6) is 0.781. The maximum Gasteiger partial charge on any atom is 0.284 e. The van der Waals surface area contributed by atoms with Crippen LogP contribution in [0.15, 0.2) is 29.4 Å². The molecule has 0 fully saturated rings. The van der Waals surface area contributed by atoms with Crippen molar-refractivity contribution in [3.63, 3.8) is 0 Å². The number of para-hydroxylation sites is 2. The monoisotopic (exact) mass is 376 g/mol. The molecule has 7 nitrogen and oxygen atoms in total. The number of nitrogens with one attached hydrogen (secondary N) is 1. The number of carbonyl (C=O) groups excluding carboxylic acids is 1. The number of hydrogen-bond donors (Lipinski definition) is 1. The average Bonchev–Trinajstić information content (AvgIpc) is 2.93. The Kier molecular flexibility index (Phi) is 5.78. The molecule has 1 aliphatic heterocycles. The van der Waals surface area contributed by atoms with Crippen LogP contribution in [0.25, 0.3) is 0 Å². The van der Waals surface area contributed by atoms with Crippen molar-refractivity contribution < 1.29 is 14.3 Å². The Bertz CT molecular complexity index is 819. The second-order valence-corrected chi connectivity index (χ2v) is 6.32. The number of nitrogens with zero attached hydrogens (tertiary/aromatic N) is 3. The fourth-order valence-electron chi connectivity index (χ4n) is 2.55. The second-order valence-electron chi connectivity index (χ2n) is 5.97. The van der Waals surface area contributed by atoms with Gasteiger partial charge < -0.3 is 9.47 Å². The maximum absolute atomic E-state index is 12.2. The molecule has 1 amide bonds. The third-order valence-corrected chi connectivity index (χ3v) is 4.40. The fraction of sp³-hybridized carbons (Fsp3) is 0.389. The average molecular weight is 377 g/mol. The molecular formula is C18H21ClN4O3. The van der Waals surface area contributed by atoms with Crippen LogP contribution in [0.3, 0.4) is 0 Å². The number of rotatable bonds is 6. The quantitative estimate of drug-likeness (QED) is 0.621. The van der Waals surface area contributed by atoms with E-state index in [2.05, 4.69) is 22.5 Å². The molecule has 0 unspecified atom stereocenters. The summed E-state index contributed by atoms with van der Waals surface area (Å²) >= 11 is 6.34. The summed E-state index contributed by atoms with van der Waals surface area (Å²) < 4.78 is 12.9. The lowest BCUT2D eigenvalue weighted by molar-refractivity contribution is -0.130. The number of aromatic nitrogens is 2. The SMILES string of the molecule is CCCCn1nc(C)c(/C=N\NC(=O)[C@@H]2COc3ccccc3O2)c1Cl. The van der Waals surface area contributed by atoms with Crippen LogP contribution in [-0.4, -0.2) is 34.6 Å². The zero-order chi connectivity index (χ0) is 18.5. The van der Waals surface area contributed by atoms with Gasteiger partial charge in [0.25, 0.3) is 5.91 Å². The Morgan fingerprint density at radius 2 is 2.23 bits per heavy atom. The van der Waals surface area contributed by atoms with Crippen molar-refractivity contribution in [2.45, 2.75) is 39.3 Å². The second kappa shape index (κ2) is 8.23. The Balaban J connectivity index is 1.61. The molecule has 0 bridgehead atoms. The fourth-order valence-corrected chi connectivity index (χ4v) is 2.86. The number of benzene rings is 1. The van der Waals surface area contributed by atoms with Crippen molar-refractivity contribution in [1.82, 2.24) is 15.2 Å². The Hall–Kier alpha value is -2.54. The molecule has 2 aromatic rings. The largest absolute Gasteiger partial charge is 0.485 e. The van der Waals surface area contributed by atoms with Crippen LogP contribution in [-0.2, 0) is 11.3 Å². The smallest absolute Gasteiger partial charge is 0.284 e. The molecule has 0 saturated heterocycles. The topological polar surface area (TPSA) is 77.7 Å². The minimum atomic E-state index is -0.758. The van der Waals surface area contributed by atoms with Crippen LogP contribution in [0.1, 0.15) is 31.0 Å². The molecule has 0 radical (unpaired) electrons. The van der Waals surface area contributed by atoms with E-state index in [1.54, 1.807) is 16.8 Å². The summed E-state index contributed by atoms with van der Waals surface area (Å²) in [5, 5.41) is 8.90. The lowest BCUT2D eigenvalue weighted by Crippen LogP contribution is -2.42. The third-order valence-electron chi connectivity index (χ3n) is 4.00. The molecule has 2 heterocycles. The van der Waals surface area contributed by atoms with Gasteiger partial charge in [-0.15, -0.1) is 0 Å². The van der Waals surface area contributed by atoms with Gasteiger partial charge in [0.15, 0.2) is 11.5 Å². The number of hydrogen-bond acceptors (Lipinski definition) is 5. The molecule has 1 N–H and O–H groups in total. The van der Waals surface area contributed by atoms with Crippen LogP contribution in [0.2, 0.25) is 5.15 Å². The Morgan fingerprint density at radius 1 is 1.46 bits per heavy atom. The number of amides is 1. The lowest BCUT2D eigenvalue weighted by Gasteiger charge is -2.24. The first kappa shape index (κ1) is 18.3. The first-order valence-corrected chi connectivity index (χ1v) is 8.92. The minimum Gasteiger partial charge on any atom is -0.485 e. The van der Waals surface area contributed by atoms with Crippen molar-refractivity contribution in [2.75, 3.05) is 6.61 Å². The highest BCUT2D eigenvalue weighted by Gasteiger charge is 2.27. The van der Waals surface area contributed by atoms with Crippen molar-refractivity contribution in [3.8, 4) is 11.5 Å². The van der Waals surface area contributed by atoms with Gasteiger partial charge in [-0.2, -0.15) is 10.2 Å². The van der Waals surface area contributed by atoms with Crippen molar-refractivity contribution >= 4 is 23.7 Å². The van der Waals surface area contributed by atoms with Crippen molar-refractivity contribution in [1.29, 1.82) is 0 Å². The van der Waals surface area contributed by atoms with E-state index in [0.29, 0.717) is 22.2 Å². The van der Waals surface area contributed by atoms with Gasteiger partial charge >= 0.3 is 0 Å². The van der Waals surface area contributed by atoms with Crippen LogP contribution in [0, 0.1) is 6.92 Å². The maximum atomic E-state index is 12.2. The van der Waals surface area contributed by atoms with Gasteiger partial charge in [0.2, 0.25) is 6.10 Å². The first-order chi connectivity index (χ1) is 12.6. The van der Waals surface area contributed by atoms with Crippen LogP contribution >= 0.6 is 11.6 Å². The number of carbonyl (C=O) groups is 1. The zero-order valence-electron chi connectivity index (χ0n) is 14.7. The highest BCUT2D eigenvalue weighted by molar-refractivity contribution is 6.32. The van der Waals surface area contributed by atoms with Gasteiger partial charge in [0.05, 0.1) is 17.5 Å². The van der Waals surface area contributed by atoms with E-state index < -0.39 is 6.10 Å². The van der Waals surface area contributed by atoms with E-state index in [4.69, 9.17) is 21.1 Å². The minimum absolute atomic E-state index is 0.132. The van der Waals surface area contributed by atoms with E-state index in [1.807, 2.05) is 19.1 Å². The standard InChI is InChI=1S/C18H21ClN4O3/c1-3-4-9-23-17(19)13(12(2)22-23)10-20-21-18(24)16-11-25-14-7-5-6-8-15(14)26-16/h5-8,10,16H,3-4,9,11H2,1-2H3,(H,21,24)/b20-10-/t16-/m0/s1. The van der Waals surface area contributed by atoms with Crippen LogP contribution in [0.5, 0.6) is 11.5 Å². The number of halogens is 1. The molecule has 3 rings (SSSR count). The van der Waals surface area contributed by atoms with Gasteiger partial charge in [-0.05, 0) is 25.5 Å². The summed E-state index contributed by atoms with van der Waals surface area (Å²) in [6.07, 6.45) is 2.80. The molecule has 0 saturated carbocycles. The molecule has 8 heteroatoms. The molecular weight excluding hydrogens is 356 g/mol. The van der Waals surface area contributed by atoms with E-state index in [0.717, 1.165) is 25.1 Å². The molecule has 0 spiro atoms. The van der Waals surface area contributed by atoms with Gasteiger partial charge in [-0.3, -0.25) is 9.48 Å². The normalized spacial score (nSPS) is 16.0. The number of fused-ring (bicyclic) bond motifs is 1. The third kappa shape index (κ3) is 3.99. The summed E-state index contributed by atoms with van der Waals surface area (Å²) in [6.45, 7) is 4.85. The summed E-state index contributed by atoms with van der Waals surface area (Å²) in [4.78, 5) is 12.2. The molecule has 1 aliphatic rings. The predicted octanol–water partition coefficient (Wildman–Crippen LogP) is 2.94. The predicted molar refractivity (Wildman–Crippen MR) is 99.0 cm³/mol. The summed E-state index contributed by atoms with van der Waals surface area (Å²) in [7, 11) is 0. The molecule has 138 valence electrons. The number of hydrazone groups is 1. The first-order valence-electron chi connectivity index (χ1n) is 8.54. The van der Waals surface area contributed by atoms with Crippen molar-refractivity contribution in [3.05, 3.63) is 40.7 Å². The van der Waals surface area contributed by atoms with Crippen LogP contribution in [0.4, 0.5) is 0 Å². The highest BCUT2D eigenvalue weighted by Crippen LogP contribution is 2.30. The van der Waals surface area contributed by atoms with Crippen molar-refractivity contribution in [2.24, 2.45) is 5.10 Å². The lowest BCUT2D eigenvalue weighted by atomic mass is 10.2. The molecule has 1 aromatic carbocycles. The number of aryl methyl sites for hydroxylation is 2. The van der Waals surface area contributed by atoms with E-state index in [-0.39, 0.29) is 12.5 Å². The summed E-state index contributed by atoms with van der Waals surface area (Å²) in [5.41, 5.74) is 3.92. The number of unbranched alkanes of at least 4 members (excludes halogenated alkanes) is 1. The van der Waals surface area contributed by atoms with Crippen LogP contribution < -0.4 is 14.9 Å². The highest BCUT2D eigenvalue weighted by atomic mass is 35.5. The van der Waals surface area contributed by atoms with E-state index in [1.165, 1.54) is 6.21 Å². The molecule has 1 atom stereocenters. The summed E-state index contributed by atoms with van der Waals surface area (Å²) in [6, 6.07) is 7.22. The van der Waals surface area contributed by atoms with E-state index in [9.17, 15) is 4.79 Å². The van der Waals surface area contributed by atoms with Gasteiger partial charge in [-0.1, -0.05) is 37.1 Å². The van der Waals surface area contributed by atoms with E-state index >= 15 is 0 Å². The van der Waals surface area contributed by atoms with Gasteiger partial charge in [0.1, 0.15) is 11.8 Å². The molecule has 1 aromatic heterocycles. The van der Waals surface area contributed by atoms with Gasteiger partial charge in [0, 0.05) is 6.54 Å². The van der Waals surface area contributed by atoms with Gasteiger partial charge in [-0.25, -0.2) is 5.43 Å². The Labute approximate surface area is 156 Å². The zero-order valence-corrected chi connectivity index (χ0v) is 15.5.